The lowest BCUT2D eigenvalue weighted by Crippen LogP contribution is -2.20. The Morgan fingerprint density at radius 1 is 1.00 bits per heavy atom. The summed E-state index contributed by atoms with van der Waals surface area (Å²) in [5.41, 5.74) is 5.98. The SMILES string of the molecule is Cc1noc(N2C=COC2c2ccc(-c3ccccc3)c(-c3cnc(C(C)C)o3)c2)c1C. The summed E-state index contributed by atoms with van der Waals surface area (Å²) in [6, 6.07) is 16.6. The Labute approximate surface area is 187 Å². The van der Waals surface area contributed by atoms with Crippen molar-refractivity contribution in [1.29, 1.82) is 0 Å². The lowest BCUT2D eigenvalue weighted by molar-refractivity contribution is 0.169. The van der Waals surface area contributed by atoms with E-state index in [1.807, 2.05) is 43.1 Å². The van der Waals surface area contributed by atoms with E-state index in [1.165, 1.54) is 0 Å². The summed E-state index contributed by atoms with van der Waals surface area (Å²) in [5.74, 6) is 2.34. The van der Waals surface area contributed by atoms with Gasteiger partial charge in [0.1, 0.15) is 6.26 Å². The lowest BCUT2D eigenvalue weighted by atomic mass is 9.95. The van der Waals surface area contributed by atoms with E-state index < -0.39 is 0 Å². The maximum atomic E-state index is 6.14. The van der Waals surface area contributed by atoms with Gasteiger partial charge in [-0.25, -0.2) is 4.98 Å². The number of aryl methyl sites for hydroxylation is 1. The fourth-order valence-electron chi connectivity index (χ4n) is 3.84. The van der Waals surface area contributed by atoms with Crippen LogP contribution in [-0.2, 0) is 4.74 Å². The fraction of sp³-hybridized carbons (Fsp3) is 0.231. The Kier molecular flexibility index (Phi) is 5.05. The van der Waals surface area contributed by atoms with Gasteiger partial charge in [-0.2, -0.15) is 0 Å². The summed E-state index contributed by atoms with van der Waals surface area (Å²) in [6.45, 7) is 8.07. The van der Waals surface area contributed by atoms with Gasteiger partial charge in [0.05, 0.1) is 11.9 Å². The van der Waals surface area contributed by atoms with Crippen molar-refractivity contribution in [3.8, 4) is 22.5 Å². The van der Waals surface area contributed by atoms with Crippen molar-refractivity contribution >= 4 is 5.88 Å². The normalized spacial score (nSPS) is 15.5. The highest BCUT2D eigenvalue weighted by atomic mass is 16.5. The Bertz CT molecular complexity index is 1270. The molecule has 2 aromatic heterocycles. The molecule has 162 valence electrons. The van der Waals surface area contributed by atoms with Crippen LogP contribution in [0.25, 0.3) is 22.5 Å². The summed E-state index contributed by atoms with van der Waals surface area (Å²) in [7, 11) is 0. The third-order valence-corrected chi connectivity index (χ3v) is 5.75. The summed E-state index contributed by atoms with van der Waals surface area (Å²) in [6.07, 6.45) is 4.99. The molecule has 6 nitrogen and oxygen atoms in total. The van der Waals surface area contributed by atoms with Gasteiger partial charge in [0, 0.05) is 28.8 Å². The van der Waals surface area contributed by atoms with Crippen molar-refractivity contribution in [2.45, 2.75) is 39.8 Å². The van der Waals surface area contributed by atoms with E-state index in [-0.39, 0.29) is 12.1 Å². The molecule has 4 aromatic rings. The van der Waals surface area contributed by atoms with Crippen molar-refractivity contribution in [3.63, 3.8) is 0 Å². The molecule has 1 unspecified atom stereocenters. The third kappa shape index (κ3) is 3.47. The van der Waals surface area contributed by atoms with Gasteiger partial charge < -0.3 is 13.7 Å². The van der Waals surface area contributed by atoms with E-state index in [0.29, 0.717) is 5.88 Å². The van der Waals surface area contributed by atoms with Crippen molar-refractivity contribution in [2.24, 2.45) is 0 Å². The second-order valence-corrected chi connectivity index (χ2v) is 8.27. The summed E-state index contributed by atoms with van der Waals surface area (Å²) < 4.78 is 17.7. The third-order valence-electron chi connectivity index (χ3n) is 5.75. The minimum absolute atomic E-state index is 0.211. The highest BCUT2D eigenvalue weighted by molar-refractivity contribution is 5.81. The van der Waals surface area contributed by atoms with Crippen LogP contribution >= 0.6 is 0 Å². The highest BCUT2D eigenvalue weighted by Gasteiger charge is 2.30. The zero-order valence-electron chi connectivity index (χ0n) is 18.6. The van der Waals surface area contributed by atoms with Crippen LogP contribution in [0.5, 0.6) is 0 Å². The molecule has 1 atom stereocenters. The zero-order valence-corrected chi connectivity index (χ0v) is 18.6. The van der Waals surface area contributed by atoms with Crippen molar-refractivity contribution < 1.29 is 13.7 Å². The topological polar surface area (TPSA) is 64.5 Å². The average Bonchev–Trinajstić information content (AvgIpc) is 3.55. The van der Waals surface area contributed by atoms with Gasteiger partial charge in [-0.3, -0.25) is 4.90 Å². The summed E-state index contributed by atoms with van der Waals surface area (Å²) in [4.78, 5) is 6.44. The van der Waals surface area contributed by atoms with Gasteiger partial charge in [0.2, 0.25) is 12.1 Å². The molecule has 3 heterocycles. The van der Waals surface area contributed by atoms with Crippen LogP contribution in [0.2, 0.25) is 0 Å². The van der Waals surface area contributed by atoms with Gasteiger partial charge in [-0.15, -0.1) is 0 Å². The molecule has 0 saturated heterocycles. The van der Waals surface area contributed by atoms with Crippen molar-refractivity contribution in [3.05, 3.63) is 89.9 Å². The van der Waals surface area contributed by atoms with Gasteiger partial charge >= 0.3 is 0 Å². The number of hydrogen-bond donors (Lipinski definition) is 0. The van der Waals surface area contributed by atoms with E-state index in [0.717, 1.165) is 45.2 Å². The summed E-state index contributed by atoms with van der Waals surface area (Å²) >= 11 is 0. The average molecular weight is 428 g/mol. The molecular weight excluding hydrogens is 402 g/mol. The first-order valence-corrected chi connectivity index (χ1v) is 10.7. The van der Waals surface area contributed by atoms with Crippen LogP contribution in [-0.4, -0.2) is 10.1 Å². The molecule has 0 fully saturated rings. The predicted molar refractivity (Wildman–Crippen MR) is 123 cm³/mol. The number of hydrogen-bond acceptors (Lipinski definition) is 6. The molecule has 5 rings (SSSR count). The van der Waals surface area contributed by atoms with E-state index in [1.54, 1.807) is 12.5 Å². The molecule has 6 heteroatoms. The van der Waals surface area contributed by atoms with E-state index in [4.69, 9.17) is 13.7 Å². The van der Waals surface area contributed by atoms with Crippen LogP contribution in [0, 0.1) is 13.8 Å². The molecule has 0 radical (unpaired) electrons. The number of anilines is 1. The van der Waals surface area contributed by atoms with E-state index >= 15 is 0 Å². The number of rotatable bonds is 5. The number of nitrogens with zero attached hydrogens (tertiary/aromatic N) is 3. The molecule has 0 saturated carbocycles. The van der Waals surface area contributed by atoms with Gasteiger partial charge in [0.25, 0.3) is 0 Å². The fourth-order valence-corrected chi connectivity index (χ4v) is 3.84. The minimum atomic E-state index is -0.364. The molecule has 1 aliphatic rings. The maximum Gasteiger partial charge on any atom is 0.237 e. The first kappa shape index (κ1) is 20.1. The highest BCUT2D eigenvalue weighted by Crippen LogP contribution is 2.40. The molecule has 0 spiro atoms. The second kappa shape index (κ2) is 8.04. The van der Waals surface area contributed by atoms with E-state index in [2.05, 4.69) is 54.3 Å². The van der Waals surface area contributed by atoms with Crippen LogP contribution in [0.1, 0.15) is 48.7 Å². The lowest BCUT2D eigenvalue weighted by Gasteiger charge is -2.23. The molecule has 2 aromatic carbocycles. The molecule has 0 amide bonds. The van der Waals surface area contributed by atoms with Crippen LogP contribution in [0.3, 0.4) is 0 Å². The minimum Gasteiger partial charge on any atom is -0.472 e. The van der Waals surface area contributed by atoms with Gasteiger partial charge in [0.15, 0.2) is 11.7 Å². The molecule has 32 heavy (non-hydrogen) atoms. The first-order chi connectivity index (χ1) is 15.5. The Morgan fingerprint density at radius 2 is 1.81 bits per heavy atom. The number of aromatic nitrogens is 2. The number of benzene rings is 2. The van der Waals surface area contributed by atoms with Crippen LogP contribution in [0.15, 0.2) is 76.1 Å². The maximum absolute atomic E-state index is 6.14. The first-order valence-electron chi connectivity index (χ1n) is 10.7. The number of ether oxygens (including phenoxy) is 1. The van der Waals surface area contributed by atoms with Crippen molar-refractivity contribution in [2.75, 3.05) is 4.90 Å². The molecule has 0 aliphatic carbocycles. The monoisotopic (exact) mass is 427 g/mol. The molecule has 1 aliphatic heterocycles. The Hall–Kier alpha value is -3.80. The van der Waals surface area contributed by atoms with E-state index in [9.17, 15) is 0 Å². The smallest absolute Gasteiger partial charge is 0.237 e. The zero-order chi connectivity index (χ0) is 22.2. The van der Waals surface area contributed by atoms with Gasteiger partial charge in [-0.05, 0) is 31.0 Å². The van der Waals surface area contributed by atoms with Gasteiger partial charge in [-0.1, -0.05) is 61.5 Å². The van der Waals surface area contributed by atoms with Crippen LogP contribution in [0.4, 0.5) is 5.88 Å². The molecular formula is C26H25N3O3. The Balaban J connectivity index is 1.60. The predicted octanol–water partition coefficient (Wildman–Crippen LogP) is 6.74. The Morgan fingerprint density at radius 3 is 2.50 bits per heavy atom. The molecule has 0 N–H and O–H groups in total. The number of oxazole rings is 1. The quantitative estimate of drug-likeness (QED) is 0.351. The second-order valence-electron chi connectivity index (χ2n) is 8.27. The van der Waals surface area contributed by atoms with Crippen LogP contribution < -0.4 is 4.90 Å². The van der Waals surface area contributed by atoms with Crippen molar-refractivity contribution in [1.82, 2.24) is 10.1 Å². The standard InChI is InChI=1S/C26H25N3O3/c1-16(2)24-27-15-23(31-24)22-14-20(10-11-21(22)19-8-6-5-7-9-19)26-29(12-13-30-26)25-17(3)18(4)28-32-25/h5-16,26H,1-4H3. The summed E-state index contributed by atoms with van der Waals surface area (Å²) in [5, 5.41) is 4.10. The largest absolute Gasteiger partial charge is 0.472 e. The molecule has 0 bridgehead atoms.